The van der Waals surface area contributed by atoms with E-state index in [2.05, 4.69) is 66.2 Å². The maximum atomic E-state index is 4.59. The van der Waals surface area contributed by atoms with Crippen molar-refractivity contribution in [3.63, 3.8) is 0 Å². The summed E-state index contributed by atoms with van der Waals surface area (Å²) in [5, 5.41) is 3.90. The number of hydrogen-bond donors (Lipinski definition) is 0. The number of fused-ring (bicyclic) bond motifs is 3. The van der Waals surface area contributed by atoms with Crippen molar-refractivity contribution in [2.24, 2.45) is 0 Å². The fourth-order valence-electron chi connectivity index (χ4n) is 3.79. The van der Waals surface area contributed by atoms with Gasteiger partial charge in [0.1, 0.15) is 0 Å². The lowest BCUT2D eigenvalue weighted by Crippen LogP contribution is -2.32. The second-order valence-corrected chi connectivity index (χ2v) is 6.19. The monoisotopic (exact) mass is 276 g/mol. The van der Waals surface area contributed by atoms with E-state index in [0.717, 1.165) is 5.52 Å². The summed E-state index contributed by atoms with van der Waals surface area (Å²) in [5.74, 6) is 0. The Morgan fingerprint density at radius 3 is 2.52 bits per heavy atom. The van der Waals surface area contributed by atoms with Crippen LogP contribution in [0.5, 0.6) is 0 Å². The van der Waals surface area contributed by atoms with Crippen molar-refractivity contribution < 1.29 is 0 Å². The molecular formula is C19H20N2. The fourth-order valence-corrected chi connectivity index (χ4v) is 3.79. The lowest BCUT2D eigenvalue weighted by atomic mass is 10.0. The Bertz CT molecular complexity index is 799. The Hall–Kier alpha value is -2.09. The lowest BCUT2D eigenvalue weighted by molar-refractivity contribution is 0.696. The van der Waals surface area contributed by atoms with Crippen molar-refractivity contribution in [3.05, 3.63) is 48.7 Å². The number of anilines is 1. The van der Waals surface area contributed by atoms with Gasteiger partial charge in [-0.15, -0.1) is 0 Å². The topological polar surface area (TPSA) is 16.1 Å². The van der Waals surface area contributed by atoms with Gasteiger partial charge in [-0.1, -0.05) is 30.3 Å². The van der Waals surface area contributed by atoms with Crippen LogP contribution in [0.25, 0.3) is 21.7 Å². The molecule has 1 aromatic heterocycles. The first kappa shape index (κ1) is 12.6. The zero-order chi connectivity index (χ0) is 14.4. The SMILES string of the molecule is CC1CCC(C)N1c1ccnc2ccc3ccccc3c12. The molecule has 0 aliphatic carbocycles. The third kappa shape index (κ3) is 1.90. The molecule has 0 amide bonds. The Balaban J connectivity index is 2.07. The molecule has 1 fully saturated rings. The number of rotatable bonds is 1. The van der Waals surface area contributed by atoms with E-state index in [0.29, 0.717) is 12.1 Å². The molecule has 4 rings (SSSR count). The van der Waals surface area contributed by atoms with Crippen LogP contribution in [0.1, 0.15) is 26.7 Å². The molecule has 2 unspecified atom stereocenters. The van der Waals surface area contributed by atoms with Gasteiger partial charge in [0.05, 0.1) is 5.52 Å². The second kappa shape index (κ2) is 4.73. The Morgan fingerprint density at radius 1 is 0.952 bits per heavy atom. The van der Waals surface area contributed by atoms with Gasteiger partial charge in [0, 0.05) is 29.4 Å². The maximum absolute atomic E-state index is 4.59. The number of pyridine rings is 1. The molecule has 0 radical (unpaired) electrons. The summed E-state index contributed by atoms with van der Waals surface area (Å²) < 4.78 is 0. The molecule has 1 saturated heterocycles. The van der Waals surface area contributed by atoms with Crippen molar-refractivity contribution in [2.45, 2.75) is 38.8 Å². The highest BCUT2D eigenvalue weighted by molar-refractivity contribution is 6.12. The Kier molecular flexibility index (Phi) is 2.85. The van der Waals surface area contributed by atoms with E-state index in [1.54, 1.807) is 0 Å². The van der Waals surface area contributed by atoms with Crippen molar-refractivity contribution in [3.8, 4) is 0 Å². The van der Waals surface area contributed by atoms with E-state index in [-0.39, 0.29) is 0 Å². The molecule has 1 aliphatic heterocycles. The minimum atomic E-state index is 0.601. The number of nitrogens with zero attached hydrogens (tertiary/aromatic N) is 2. The summed E-state index contributed by atoms with van der Waals surface area (Å²) >= 11 is 0. The van der Waals surface area contributed by atoms with Crippen molar-refractivity contribution >= 4 is 27.4 Å². The highest BCUT2D eigenvalue weighted by atomic mass is 15.2. The first-order chi connectivity index (χ1) is 10.3. The van der Waals surface area contributed by atoms with Crippen molar-refractivity contribution in [1.82, 2.24) is 4.98 Å². The van der Waals surface area contributed by atoms with Gasteiger partial charge < -0.3 is 4.90 Å². The van der Waals surface area contributed by atoms with Gasteiger partial charge in [-0.2, -0.15) is 0 Å². The van der Waals surface area contributed by atoms with E-state index < -0.39 is 0 Å². The molecule has 1 aliphatic rings. The average molecular weight is 276 g/mol. The van der Waals surface area contributed by atoms with Crippen LogP contribution in [-0.4, -0.2) is 17.1 Å². The average Bonchev–Trinajstić information content (AvgIpc) is 2.85. The molecule has 0 bridgehead atoms. The van der Waals surface area contributed by atoms with Crippen molar-refractivity contribution in [2.75, 3.05) is 4.90 Å². The molecular weight excluding hydrogens is 256 g/mol. The van der Waals surface area contributed by atoms with E-state index in [4.69, 9.17) is 0 Å². The molecule has 3 aromatic rings. The van der Waals surface area contributed by atoms with E-state index in [9.17, 15) is 0 Å². The molecule has 2 aromatic carbocycles. The summed E-state index contributed by atoms with van der Waals surface area (Å²) in [6.07, 6.45) is 4.50. The van der Waals surface area contributed by atoms with Gasteiger partial charge in [0.25, 0.3) is 0 Å². The predicted octanol–water partition coefficient (Wildman–Crippen LogP) is 4.77. The number of hydrogen-bond acceptors (Lipinski definition) is 2. The Labute approximate surface area is 125 Å². The Morgan fingerprint density at radius 2 is 1.71 bits per heavy atom. The minimum absolute atomic E-state index is 0.601. The van der Waals surface area contributed by atoms with Crippen LogP contribution in [0.4, 0.5) is 5.69 Å². The smallest absolute Gasteiger partial charge is 0.0729 e. The first-order valence-electron chi connectivity index (χ1n) is 7.80. The predicted molar refractivity (Wildman–Crippen MR) is 89.9 cm³/mol. The summed E-state index contributed by atoms with van der Waals surface area (Å²) in [6, 6.07) is 16.3. The third-order valence-corrected chi connectivity index (χ3v) is 4.84. The summed E-state index contributed by atoms with van der Waals surface area (Å²) in [5.41, 5.74) is 2.44. The molecule has 2 nitrogen and oxygen atoms in total. The zero-order valence-corrected chi connectivity index (χ0v) is 12.6. The molecule has 0 spiro atoms. The summed E-state index contributed by atoms with van der Waals surface area (Å²) in [4.78, 5) is 7.17. The number of benzene rings is 2. The van der Waals surface area contributed by atoms with Crippen LogP contribution in [0, 0.1) is 0 Å². The van der Waals surface area contributed by atoms with Gasteiger partial charge in [-0.3, -0.25) is 4.98 Å². The van der Waals surface area contributed by atoms with Crippen LogP contribution in [0.2, 0.25) is 0 Å². The van der Waals surface area contributed by atoms with Gasteiger partial charge in [0.15, 0.2) is 0 Å². The van der Waals surface area contributed by atoms with E-state index in [1.807, 2.05) is 6.20 Å². The standard InChI is InChI=1S/C19H20N2/c1-13-7-8-14(2)21(13)18-11-12-20-17-10-9-15-5-3-4-6-16(15)19(17)18/h3-6,9-14H,7-8H2,1-2H3. The first-order valence-corrected chi connectivity index (χ1v) is 7.80. The minimum Gasteiger partial charge on any atom is -0.366 e. The second-order valence-electron chi connectivity index (χ2n) is 6.19. The summed E-state index contributed by atoms with van der Waals surface area (Å²) in [7, 11) is 0. The molecule has 2 atom stereocenters. The highest BCUT2D eigenvalue weighted by Gasteiger charge is 2.28. The number of aromatic nitrogens is 1. The largest absolute Gasteiger partial charge is 0.366 e. The van der Waals surface area contributed by atoms with Crippen LogP contribution in [0.15, 0.2) is 48.7 Å². The molecule has 21 heavy (non-hydrogen) atoms. The van der Waals surface area contributed by atoms with Gasteiger partial charge >= 0.3 is 0 Å². The van der Waals surface area contributed by atoms with Crippen LogP contribution in [0.3, 0.4) is 0 Å². The van der Waals surface area contributed by atoms with E-state index in [1.165, 1.54) is 34.7 Å². The van der Waals surface area contributed by atoms with Gasteiger partial charge in [-0.25, -0.2) is 0 Å². The van der Waals surface area contributed by atoms with Gasteiger partial charge in [-0.05, 0) is 49.6 Å². The van der Waals surface area contributed by atoms with E-state index >= 15 is 0 Å². The van der Waals surface area contributed by atoms with Gasteiger partial charge in [0.2, 0.25) is 0 Å². The maximum Gasteiger partial charge on any atom is 0.0729 e. The normalized spacial score (nSPS) is 22.3. The van der Waals surface area contributed by atoms with Crippen molar-refractivity contribution in [1.29, 1.82) is 0 Å². The third-order valence-electron chi connectivity index (χ3n) is 4.84. The summed E-state index contributed by atoms with van der Waals surface area (Å²) in [6.45, 7) is 4.67. The van der Waals surface area contributed by atoms with Crippen LogP contribution < -0.4 is 4.90 Å². The quantitative estimate of drug-likeness (QED) is 0.595. The highest BCUT2D eigenvalue weighted by Crippen LogP contribution is 2.37. The molecule has 106 valence electrons. The molecule has 2 heteroatoms. The fraction of sp³-hybridized carbons (Fsp3) is 0.316. The van der Waals surface area contributed by atoms with Crippen LogP contribution in [-0.2, 0) is 0 Å². The lowest BCUT2D eigenvalue weighted by Gasteiger charge is -2.30. The zero-order valence-electron chi connectivity index (χ0n) is 12.6. The molecule has 0 N–H and O–H groups in total. The molecule has 0 saturated carbocycles. The van der Waals surface area contributed by atoms with Crippen LogP contribution >= 0.6 is 0 Å². The molecule has 2 heterocycles.